The van der Waals surface area contributed by atoms with Crippen LogP contribution in [0.25, 0.3) is 0 Å². The van der Waals surface area contributed by atoms with Crippen molar-refractivity contribution in [1.29, 1.82) is 0 Å². The molecular formula is C14H21F2N3O. The third kappa shape index (κ3) is 5.42. The molecule has 0 radical (unpaired) electrons. The van der Waals surface area contributed by atoms with Gasteiger partial charge in [0, 0.05) is 11.6 Å². The Morgan fingerprint density at radius 2 is 2.15 bits per heavy atom. The molecule has 1 rings (SSSR count). The first-order valence-corrected chi connectivity index (χ1v) is 6.53. The molecule has 0 fully saturated rings. The Morgan fingerprint density at radius 3 is 2.75 bits per heavy atom. The number of nitrogens with two attached hydrogens (primary N) is 1. The zero-order valence-corrected chi connectivity index (χ0v) is 12.0. The summed E-state index contributed by atoms with van der Waals surface area (Å²) in [6.45, 7) is 3.23. The average molecular weight is 285 g/mol. The Balaban J connectivity index is 2.79. The van der Waals surface area contributed by atoms with Crippen molar-refractivity contribution in [3.63, 3.8) is 0 Å². The van der Waals surface area contributed by atoms with E-state index in [9.17, 15) is 8.78 Å². The van der Waals surface area contributed by atoms with E-state index in [2.05, 4.69) is 15.0 Å². The van der Waals surface area contributed by atoms with Gasteiger partial charge in [-0.1, -0.05) is 24.6 Å². The van der Waals surface area contributed by atoms with Crippen molar-refractivity contribution in [3.05, 3.63) is 29.3 Å². The van der Waals surface area contributed by atoms with Gasteiger partial charge in [0.05, 0.1) is 6.54 Å². The number of guanidine groups is 1. The van der Waals surface area contributed by atoms with Crippen LogP contribution in [0.1, 0.15) is 31.4 Å². The molecule has 3 N–H and O–H groups in total. The van der Waals surface area contributed by atoms with Crippen LogP contribution in [-0.4, -0.2) is 18.6 Å². The van der Waals surface area contributed by atoms with Crippen molar-refractivity contribution < 1.29 is 13.5 Å². The van der Waals surface area contributed by atoms with E-state index in [-0.39, 0.29) is 18.3 Å². The highest BCUT2D eigenvalue weighted by atomic mass is 19.3. The fourth-order valence-electron chi connectivity index (χ4n) is 1.61. The molecule has 6 heteroatoms. The topological polar surface area (TPSA) is 59.6 Å². The van der Waals surface area contributed by atoms with Crippen molar-refractivity contribution in [2.45, 2.75) is 46.4 Å². The maximum Gasteiger partial charge on any atom is 0.387 e. The predicted molar refractivity (Wildman–Crippen MR) is 76.0 cm³/mol. The number of benzene rings is 1. The summed E-state index contributed by atoms with van der Waals surface area (Å²) in [4.78, 5) is 4.15. The molecule has 0 saturated carbocycles. The van der Waals surface area contributed by atoms with E-state index in [4.69, 9.17) is 5.73 Å². The number of hydrogen-bond acceptors (Lipinski definition) is 2. The van der Waals surface area contributed by atoms with Gasteiger partial charge in [-0.15, -0.1) is 0 Å². The van der Waals surface area contributed by atoms with Gasteiger partial charge in [0.25, 0.3) is 0 Å². The third-order valence-corrected chi connectivity index (χ3v) is 2.86. The summed E-state index contributed by atoms with van der Waals surface area (Å²) in [5.41, 5.74) is 7.27. The minimum absolute atomic E-state index is 0.130. The largest absolute Gasteiger partial charge is 0.434 e. The van der Waals surface area contributed by atoms with Gasteiger partial charge in [0.1, 0.15) is 5.75 Å². The Kier molecular flexibility index (Phi) is 6.21. The van der Waals surface area contributed by atoms with Gasteiger partial charge in [-0.2, -0.15) is 8.78 Å². The van der Waals surface area contributed by atoms with Crippen LogP contribution in [0, 0.1) is 6.92 Å². The van der Waals surface area contributed by atoms with Crippen LogP contribution in [-0.2, 0) is 6.54 Å². The second kappa shape index (κ2) is 7.67. The minimum atomic E-state index is -2.85. The van der Waals surface area contributed by atoms with E-state index in [1.807, 2.05) is 20.8 Å². The first-order valence-electron chi connectivity index (χ1n) is 6.53. The molecule has 0 aliphatic heterocycles. The van der Waals surface area contributed by atoms with Crippen molar-refractivity contribution in [2.75, 3.05) is 0 Å². The van der Waals surface area contributed by atoms with Gasteiger partial charge in [0.2, 0.25) is 0 Å². The number of nitrogens with zero attached hydrogens (tertiary/aromatic N) is 1. The zero-order valence-electron chi connectivity index (χ0n) is 12.0. The molecule has 0 amide bonds. The van der Waals surface area contributed by atoms with E-state index in [1.165, 1.54) is 6.07 Å². The Morgan fingerprint density at radius 1 is 1.45 bits per heavy atom. The van der Waals surface area contributed by atoms with Gasteiger partial charge >= 0.3 is 6.61 Å². The molecule has 20 heavy (non-hydrogen) atoms. The lowest BCUT2D eigenvalue weighted by atomic mass is 10.1. The number of ether oxygens (including phenoxy) is 1. The van der Waals surface area contributed by atoms with E-state index < -0.39 is 6.61 Å². The third-order valence-electron chi connectivity index (χ3n) is 2.86. The van der Waals surface area contributed by atoms with Crippen LogP contribution >= 0.6 is 0 Å². The summed E-state index contributed by atoms with van der Waals surface area (Å²) in [7, 11) is 0. The summed E-state index contributed by atoms with van der Waals surface area (Å²) in [5, 5.41) is 3.01. The van der Waals surface area contributed by atoms with Gasteiger partial charge < -0.3 is 15.8 Å². The number of aryl methyl sites for hydroxylation is 1. The van der Waals surface area contributed by atoms with E-state index in [1.54, 1.807) is 12.1 Å². The summed E-state index contributed by atoms with van der Waals surface area (Å²) in [6.07, 6.45) is 0.917. The van der Waals surface area contributed by atoms with Gasteiger partial charge in [-0.3, -0.25) is 0 Å². The fourth-order valence-corrected chi connectivity index (χ4v) is 1.61. The maximum atomic E-state index is 12.3. The van der Waals surface area contributed by atoms with Crippen LogP contribution in [0.2, 0.25) is 0 Å². The Hall–Kier alpha value is -1.85. The lowest BCUT2D eigenvalue weighted by Gasteiger charge is -2.13. The zero-order chi connectivity index (χ0) is 15.1. The monoisotopic (exact) mass is 285 g/mol. The molecule has 0 aliphatic carbocycles. The first-order chi connectivity index (χ1) is 9.42. The summed E-state index contributed by atoms with van der Waals surface area (Å²) in [5.74, 6) is 0.426. The fraction of sp³-hybridized carbons (Fsp3) is 0.500. The molecule has 112 valence electrons. The minimum Gasteiger partial charge on any atom is -0.434 e. The number of alkyl halides is 2. The molecule has 1 aromatic rings. The molecule has 0 saturated heterocycles. The van der Waals surface area contributed by atoms with E-state index in [0.717, 1.165) is 12.0 Å². The average Bonchev–Trinajstić information content (AvgIpc) is 2.38. The van der Waals surface area contributed by atoms with E-state index in [0.29, 0.717) is 11.5 Å². The summed E-state index contributed by atoms with van der Waals surface area (Å²) >= 11 is 0. The molecule has 0 spiro atoms. The Bertz CT molecular complexity index is 464. The van der Waals surface area contributed by atoms with Crippen molar-refractivity contribution >= 4 is 5.96 Å². The molecule has 1 unspecified atom stereocenters. The second-order valence-electron chi connectivity index (χ2n) is 4.64. The number of halogens is 2. The molecule has 1 aromatic carbocycles. The van der Waals surface area contributed by atoms with Crippen LogP contribution in [0.4, 0.5) is 8.78 Å². The van der Waals surface area contributed by atoms with Crippen LogP contribution in [0.3, 0.4) is 0 Å². The normalized spacial score (nSPS) is 13.4. The summed E-state index contributed by atoms with van der Waals surface area (Å²) in [6, 6.07) is 5.21. The molecular weight excluding hydrogens is 264 g/mol. The lowest BCUT2D eigenvalue weighted by Crippen LogP contribution is -2.38. The van der Waals surface area contributed by atoms with Crippen LogP contribution < -0.4 is 15.8 Å². The highest BCUT2D eigenvalue weighted by Crippen LogP contribution is 2.22. The highest BCUT2D eigenvalue weighted by molar-refractivity contribution is 5.78. The number of hydrogen-bond donors (Lipinski definition) is 2. The first kappa shape index (κ1) is 16.2. The molecule has 0 heterocycles. The van der Waals surface area contributed by atoms with Gasteiger partial charge in [-0.25, -0.2) is 4.99 Å². The molecule has 0 bridgehead atoms. The van der Waals surface area contributed by atoms with Crippen molar-refractivity contribution in [3.8, 4) is 5.75 Å². The molecule has 1 atom stereocenters. The molecule has 4 nitrogen and oxygen atoms in total. The smallest absolute Gasteiger partial charge is 0.387 e. The number of nitrogens with one attached hydrogen (secondary N) is 1. The van der Waals surface area contributed by atoms with Crippen molar-refractivity contribution in [2.24, 2.45) is 10.7 Å². The van der Waals surface area contributed by atoms with Gasteiger partial charge in [-0.05, 0) is 26.3 Å². The van der Waals surface area contributed by atoms with E-state index >= 15 is 0 Å². The standard InChI is InChI=1S/C14H21F2N3O/c1-4-10(3)19-14(17)18-8-11-7-9(2)5-6-12(11)20-13(15)16/h5-7,10,13H,4,8H2,1-3H3,(H3,17,18,19). The maximum absolute atomic E-state index is 12.3. The second-order valence-corrected chi connectivity index (χ2v) is 4.64. The lowest BCUT2D eigenvalue weighted by molar-refractivity contribution is -0.0504. The van der Waals surface area contributed by atoms with Crippen LogP contribution in [0.5, 0.6) is 5.75 Å². The van der Waals surface area contributed by atoms with Crippen LogP contribution in [0.15, 0.2) is 23.2 Å². The quantitative estimate of drug-likeness (QED) is 0.624. The summed E-state index contributed by atoms with van der Waals surface area (Å²) < 4.78 is 29.1. The molecule has 0 aromatic heterocycles. The Labute approximate surface area is 118 Å². The van der Waals surface area contributed by atoms with Crippen molar-refractivity contribution in [1.82, 2.24) is 5.32 Å². The SMILES string of the molecule is CCC(C)NC(N)=NCc1cc(C)ccc1OC(F)F. The molecule has 0 aliphatic rings. The van der Waals surface area contributed by atoms with Gasteiger partial charge in [0.15, 0.2) is 5.96 Å². The number of rotatable bonds is 6. The number of aliphatic imine (C=N–C) groups is 1. The predicted octanol–water partition coefficient (Wildman–Crippen LogP) is 2.80. The highest BCUT2D eigenvalue weighted by Gasteiger charge is 2.10.